The van der Waals surface area contributed by atoms with Gasteiger partial charge in [0.05, 0.1) is 33.6 Å². The van der Waals surface area contributed by atoms with Crippen LogP contribution in [0.4, 0.5) is 5.69 Å². The molecule has 0 spiro atoms. The molecule has 0 radical (unpaired) electrons. The number of H-pyrrole nitrogens is 1. The predicted molar refractivity (Wildman–Crippen MR) is 90.1 cm³/mol. The molecular formula is C17H12N4O3. The van der Waals surface area contributed by atoms with Gasteiger partial charge in [0.15, 0.2) is 0 Å². The largest absolute Gasteiger partial charge is 0.278 e. The van der Waals surface area contributed by atoms with E-state index in [0.29, 0.717) is 17.4 Å². The molecule has 0 aliphatic heterocycles. The van der Waals surface area contributed by atoms with Crippen molar-refractivity contribution >= 4 is 27.5 Å². The van der Waals surface area contributed by atoms with Gasteiger partial charge in [-0.25, -0.2) is 0 Å². The Kier molecular flexibility index (Phi) is 3.13. The van der Waals surface area contributed by atoms with Crippen LogP contribution in [0.25, 0.3) is 21.8 Å². The van der Waals surface area contributed by atoms with Gasteiger partial charge in [-0.2, -0.15) is 0 Å². The average Bonchev–Trinajstić information content (AvgIpc) is 2.90. The van der Waals surface area contributed by atoms with Crippen molar-refractivity contribution in [2.45, 2.75) is 6.54 Å². The van der Waals surface area contributed by atoms with Gasteiger partial charge in [0.25, 0.3) is 11.2 Å². The molecule has 0 aliphatic carbocycles. The molecule has 4 rings (SSSR count). The molecule has 4 aromatic rings. The predicted octanol–water partition coefficient (Wildman–Crippen LogP) is 2.83. The highest BCUT2D eigenvalue weighted by Gasteiger charge is 2.13. The Morgan fingerprint density at radius 2 is 1.96 bits per heavy atom. The number of nitro groups is 1. The number of fused-ring (bicyclic) bond motifs is 2. The van der Waals surface area contributed by atoms with Crippen LogP contribution in [0, 0.1) is 10.1 Å². The van der Waals surface area contributed by atoms with Gasteiger partial charge >= 0.3 is 0 Å². The molecule has 118 valence electrons. The Bertz CT molecular complexity index is 1140. The number of para-hydroxylation sites is 1. The number of aromatic nitrogens is 3. The standard InChI is InChI=1S/C17H12N4O3/c22-17-14-9-13(21(23)24)7-8-16(14)20(19-17)10-12-6-5-11-3-1-2-4-15(11)18-12/h1-9H,10H2,(H,19,22). The molecule has 0 aliphatic rings. The zero-order chi connectivity index (χ0) is 16.7. The van der Waals surface area contributed by atoms with Crippen LogP contribution in [-0.2, 0) is 6.54 Å². The molecular weight excluding hydrogens is 308 g/mol. The fraction of sp³-hybridized carbons (Fsp3) is 0.0588. The normalized spacial score (nSPS) is 11.2. The lowest BCUT2D eigenvalue weighted by molar-refractivity contribution is -0.384. The van der Waals surface area contributed by atoms with Crippen molar-refractivity contribution in [2.24, 2.45) is 0 Å². The number of non-ortho nitro benzene ring substituents is 1. The summed E-state index contributed by atoms with van der Waals surface area (Å²) in [5, 5.41) is 14.9. The average molecular weight is 320 g/mol. The van der Waals surface area contributed by atoms with Crippen LogP contribution >= 0.6 is 0 Å². The van der Waals surface area contributed by atoms with Crippen LogP contribution in [-0.4, -0.2) is 19.7 Å². The number of nitrogens with zero attached hydrogens (tertiary/aromatic N) is 3. The first-order chi connectivity index (χ1) is 11.6. The number of benzene rings is 2. The lowest BCUT2D eigenvalue weighted by Gasteiger charge is -2.05. The van der Waals surface area contributed by atoms with Crippen molar-refractivity contribution in [1.82, 2.24) is 14.8 Å². The Morgan fingerprint density at radius 1 is 1.12 bits per heavy atom. The Morgan fingerprint density at radius 3 is 2.79 bits per heavy atom. The molecule has 7 heteroatoms. The number of nitro benzene ring substituents is 1. The summed E-state index contributed by atoms with van der Waals surface area (Å²) in [6.07, 6.45) is 0. The number of pyridine rings is 1. The summed E-state index contributed by atoms with van der Waals surface area (Å²) in [4.78, 5) is 27.0. The summed E-state index contributed by atoms with van der Waals surface area (Å²) >= 11 is 0. The fourth-order valence-electron chi connectivity index (χ4n) is 2.78. The minimum absolute atomic E-state index is 0.102. The number of hydrogen-bond donors (Lipinski definition) is 1. The van der Waals surface area contributed by atoms with Crippen molar-refractivity contribution < 1.29 is 4.92 Å². The molecule has 7 nitrogen and oxygen atoms in total. The van der Waals surface area contributed by atoms with E-state index in [9.17, 15) is 14.9 Å². The van der Waals surface area contributed by atoms with Crippen LogP contribution in [0.1, 0.15) is 5.69 Å². The van der Waals surface area contributed by atoms with E-state index in [2.05, 4.69) is 10.1 Å². The molecule has 0 saturated carbocycles. The van der Waals surface area contributed by atoms with Gasteiger partial charge in [0, 0.05) is 17.5 Å². The van der Waals surface area contributed by atoms with Crippen molar-refractivity contribution in [2.75, 3.05) is 0 Å². The first-order valence-electron chi connectivity index (χ1n) is 7.33. The maximum absolute atomic E-state index is 12.1. The van der Waals surface area contributed by atoms with E-state index in [0.717, 1.165) is 16.6 Å². The molecule has 0 bridgehead atoms. The lowest BCUT2D eigenvalue weighted by Crippen LogP contribution is -2.07. The van der Waals surface area contributed by atoms with E-state index >= 15 is 0 Å². The van der Waals surface area contributed by atoms with Gasteiger partial charge in [-0.15, -0.1) is 0 Å². The third kappa shape index (κ3) is 2.32. The van der Waals surface area contributed by atoms with Crippen molar-refractivity contribution in [3.05, 3.63) is 80.8 Å². The Hall–Kier alpha value is -3.48. The van der Waals surface area contributed by atoms with Crippen molar-refractivity contribution in [1.29, 1.82) is 0 Å². The van der Waals surface area contributed by atoms with Gasteiger partial charge < -0.3 is 0 Å². The Labute approximate surface area is 135 Å². The molecule has 0 unspecified atom stereocenters. The molecule has 0 amide bonds. The van der Waals surface area contributed by atoms with E-state index in [1.807, 2.05) is 36.4 Å². The second-order valence-electron chi connectivity index (χ2n) is 5.48. The zero-order valence-electron chi connectivity index (χ0n) is 12.5. The van der Waals surface area contributed by atoms with E-state index < -0.39 is 4.92 Å². The monoisotopic (exact) mass is 320 g/mol. The molecule has 0 atom stereocenters. The lowest BCUT2D eigenvalue weighted by atomic mass is 10.2. The fourth-order valence-corrected chi connectivity index (χ4v) is 2.78. The van der Waals surface area contributed by atoms with Crippen LogP contribution in [0.2, 0.25) is 0 Å². The van der Waals surface area contributed by atoms with E-state index in [-0.39, 0.29) is 11.2 Å². The first kappa shape index (κ1) is 14.1. The van der Waals surface area contributed by atoms with Gasteiger partial charge in [0.1, 0.15) is 0 Å². The van der Waals surface area contributed by atoms with E-state index in [1.54, 1.807) is 10.7 Å². The van der Waals surface area contributed by atoms with Crippen molar-refractivity contribution in [3.63, 3.8) is 0 Å². The topological polar surface area (TPSA) is 93.8 Å². The van der Waals surface area contributed by atoms with Gasteiger partial charge in [-0.3, -0.25) is 29.7 Å². The summed E-state index contributed by atoms with van der Waals surface area (Å²) in [6.45, 7) is 0.376. The minimum atomic E-state index is -0.513. The van der Waals surface area contributed by atoms with Gasteiger partial charge in [0.2, 0.25) is 0 Å². The SMILES string of the molecule is O=c1[nH]n(Cc2ccc3ccccc3n2)c2ccc([N+](=O)[O-])cc12. The van der Waals surface area contributed by atoms with Crippen LogP contribution in [0.15, 0.2) is 59.4 Å². The molecule has 2 aromatic heterocycles. The quantitative estimate of drug-likeness (QED) is 0.464. The first-order valence-corrected chi connectivity index (χ1v) is 7.33. The van der Waals surface area contributed by atoms with Crippen molar-refractivity contribution in [3.8, 4) is 0 Å². The summed E-state index contributed by atoms with van der Waals surface area (Å²) in [7, 11) is 0. The second kappa shape index (κ2) is 5.31. The molecule has 2 aromatic carbocycles. The summed E-state index contributed by atoms with van der Waals surface area (Å²) in [6, 6.07) is 15.9. The number of nitrogens with one attached hydrogen (secondary N) is 1. The van der Waals surface area contributed by atoms with Crippen LogP contribution < -0.4 is 5.56 Å². The smallest absolute Gasteiger partial charge is 0.272 e. The molecule has 1 N–H and O–H groups in total. The highest BCUT2D eigenvalue weighted by molar-refractivity contribution is 5.81. The third-order valence-electron chi connectivity index (χ3n) is 3.94. The number of aromatic amines is 1. The summed E-state index contributed by atoms with van der Waals surface area (Å²) < 4.78 is 1.65. The summed E-state index contributed by atoms with van der Waals surface area (Å²) in [5.41, 5.74) is 1.83. The number of rotatable bonds is 3. The van der Waals surface area contributed by atoms with E-state index in [4.69, 9.17) is 0 Å². The van der Waals surface area contributed by atoms with Crippen LogP contribution in [0.3, 0.4) is 0 Å². The highest BCUT2D eigenvalue weighted by atomic mass is 16.6. The maximum Gasteiger partial charge on any atom is 0.272 e. The third-order valence-corrected chi connectivity index (χ3v) is 3.94. The Balaban J connectivity index is 1.78. The molecule has 0 fully saturated rings. The van der Waals surface area contributed by atoms with Gasteiger partial charge in [-0.05, 0) is 18.2 Å². The molecule has 2 heterocycles. The highest BCUT2D eigenvalue weighted by Crippen LogP contribution is 2.19. The molecule has 24 heavy (non-hydrogen) atoms. The molecule has 0 saturated heterocycles. The zero-order valence-corrected chi connectivity index (χ0v) is 12.5. The minimum Gasteiger partial charge on any atom is -0.278 e. The van der Waals surface area contributed by atoms with E-state index in [1.165, 1.54) is 12.1 Å². The summed E-state index contributed by atoms with van der Waals surface area (Å²) in [5.74, 6) is 0. The number of hydrogen-bond acceptors (Lipinski definition) is 4. The van der Waals surface area contributed by atoms with Crippen LogP contribution in [0.5, 0.6) is 0 Å². The van der Waals surface area contributed by atoms with Gasteiger partial charge in [-0.1, -0.05) is 24.3 Å². The maximum atomic E-state index is 12.1. The second-order valence-corrected chi connectivity index (χ2v) is 5.48.